The Balaban J connectivity index is 2.41. The molecule has 1 heterocycles. The highest BCUT2D eigenvalue weighted by molar-refractivity contribution is 6.17. The van der Waals surface area contributed by atoms with Crippen LogP contribution < -0.4 is 0 Å². The van der Waals surface area contributed by atoms with E-state index in [-0.39, 0.29) is 0 Å². The topological polar surface area (TPSA) is 30.7 Å². The van der Waals surface area contributed by atoms with Crippen molar-refractivity contribution in [1.82, 2.24) is 15.0 Å². The van der Waals surface area contributed by atoms with Gasteiger partial charge in [0.15, 0.2) is 0 Å². The number of aromatic nitrogens is 3. The fourth-order valence-electron chi connectivity index (χ4n) is 0.979. The number of hydrogen-bond donors (Lipinski definition) is 0. The van der Waals surface area contributed by atoms with Crippen molar-refractivity contribution in [3.8, 4) is 0 Å². The minimum atomic E-state index is 0.618. The van der Waals surface area contributed by atoms with Crippen LogP contribution in [0.2, 0.25) is 0 Å². The van der Waals surface area contributed by atoms with Gasteiger partial charge < -0.3 is 0 Å². The first-order valence-corrected chi connectivity index (χ1v) is 4.85. The molecule has 3 nitrogen and oxygen atoms in total. The molecule has 0 amide bonds. The highest BCUT2D eigenvalue weighted by atomic mass is 35.5. The molecule has 1 rings (SSSR count). The smallest absolute Gasteiger partial charge is 0.0839 e. The van der Waals surface area contributed by atoms with Gasteiger partial charge in [-0.2, -0.15) is 0 Å². The molecule has 4 heteroatoms. The van der Waals surface area contributed by atoms with Crippen LogP contribution in [0.1, 0.15) is 25.5 Å². The lowest BCUT2D eigenvalue weighted by molar-refractivity contribution is 0.553. The second kappa shape index (κ2) is 5.14. The van der Waals surface area contributed by atoms with Gasteiger partial charge in [-0.05, 0) is 6.42 Å². The van der Waals surface area contributed by atoms with Crippen LogP contribution in [0.4, 0.5) is 0 Å². The van der Waals surface area contributed by atoms with Crippen molar-refractivity contribution >= 4 is 11.6 Å². The van der Waals surface area contributed by atoms with Crippen molar-refractivity contribution in [3.05, 3.63) is 11.9 Å². The van der Waals surface area contributed by atoms with Crippen LogP contribution in [0.3, 0.4) is 0 Å². The maximum absolute atomic E-state index is 5.57. The molecule has 0 radical (unpaired) electrons. The molecule has 0 aromatic carbocycles. The molecule has 12 heavy (non-hydrogen) atoms. The molecule has 0 aliphatic heterocycles. The summed E-state index contributed by atoms with van der Waals surface area (Å²) in [5.74, 6) is 0.618. The number of nitrogens with zero attached hydrogens (tertiary/aromatic N) is 3. The van der Waals surface area contributed by atoms with E-state index in [0.29, 0.717) is 5.88 Å². The first kappa shape index (κ1) is 9.52. The molecular formula is C8H14ClN3. The van der Waals surface area contributed by atoms with E-state index in [4.69, 9.17) is 11.6 Å². The molecule has 0 aliphatic carbocycles. The standard InChI is InChI=1S/C8H14ClN3/c1-2-3-6-12-7-8(4-5-9)10-11-12/h7H,2-6H2,1H3. The van der Waals surface area contributed by atoms with E-state index in [1.54, 1.807) is 0 Å². The molecule has 0 saturated carbocycles. The van der Waals surface area contributed by atoms with E-state index >= 15 is 0 Å². The highest BCUT2D eigenvalue weighted by Gasteiger charge is 1.98. The lowest BCUT2D eigenvalue weighted by Gasteiger charge is -1.95. The summed E-state index contributed by atoms with van der Waals surface area (Å²) in [6, 6.07) is 0. The Hall–Kier alpha value is -0.570. The van der Waals surface area contributed by atoms with Gasteiger partial charge in [0.05, 0.1) is 5.69 Å². The lowest BCUT2D eigenvalue weighted by Crippen LogP contribution is -1.97. The molecular weight excluding hydrogens is 174 g/mol. The minimum absolute atomic E-state index is 0.618. The van der Waals surface area contributed by atoms with Gasteiger partial charge >= 0.3 is 0 Å². The SMILES string of the molecule is CCCCn1cc(CCCl)nn1. The molecule has 0 unspecified atom stereocenters. The molecule has 1 aromatic rings. The van der Waals surface area contributed by atoms with E-state index in [1.807, 2.05) is 10.9 Å². The monoisotopic (exact) mass is 187 g/mol. The number of alkyl halides is 1. The molecule has 0 atom stereocenters. The zero-order valence-electron chi connectivity index (χ0n) is 7.33. The average Bonchev–Trinajstić information content (AvgIpc) is 2.50. The van der Waals surface area contributed by atoms with E-state index in [9.17, 15) is 0 Å². The van der Waals surface area contributed by atoms with Gasteiger partial charge in [0.2, 0.25) is 0 Å². The van der Waals surface area contributed by atoms with E-state index in [2.05, 4.69) is 17.2 Å². The van der Waals surface area contributed by atoms with Crippen molar-refractivity contribution in [1.29, 1.82) is 0 Å². The molecule has 0 fully saturated rings. The van der Waals surface area contributed by atoms with Crippen LogP contribution in [0.5, 0.6) is 0 Å². The first-order valence-electron chi connectivity index (χ1n) is 4.31. The maximum atomic E-state index is 5.57. The molecule has 0 N–H and O–H groups in total. The third kappa shape index (κ3) is 2.81. The van der Waals surface area contributed by atoms with Crippen LogP contribution in [-0.4, -0.2) is 20.9 Å². The van der Waals surface area contributed by atoms with Crippen LogP contribution in [-0.2, 0) is 13.0 Å². The first-order chi connectivity index (χ1) is 5.86. The number of unbranched alkanes of at least 4 members (excludes halogenated alkanes) is 1. The summed E-state index contributed by atoms with van der Waals surface area (Å²) < 4.78 is 1.88. The van der Waals surface area contributed by atoms with Gasteiger partial charge in [-0.1, -0.05) is 18.6 Å². The maximum Gasteiger partial charge on any atom is 0.0839 e. The summed E-state index contributed by atoms with van der Waals surface area (Å²) in [5.41, 5.74) is 0.987. The molecule has 68 valence electrons. The predicted octanol–water partition coefficient (Wildman–Crippen LogP) is 1.86. The quantitative estimate of drug-likeness (QED) is 0.659. The molecule has 1 aromatic heterocycles. The van der Waals surface area contributed by atoms with Gasteiger partial charge in [0.1, 0.15) is 0 Å². The van der Waals surface area contributed by atoms with Gasteiger partial charge in [0, 0.05) is 25.0 Å². The molecule has 0 spiro atoms. The zero-order chi connectivity index (χ0) is 8.81. The van der Waals surface area contributed by atoms with Crippen LogP contribution >= 0.6 is 11.6 Å². The Morgan fingerprint density at radius 1 is 1.58 bits per heavy atom. The zero-order valence-corrected chi connectivity index (χ0v) is 8.09. The Bertz CT molecular complexity index is 222. The highest BCUT2D eigenvalue weighted by Crippen LogP contribution is 1.98. The fraction of sp³-hybridized carbons (Fsp3) is 0.750. The van der Waals surface area contributed by atoms with E-state index in [1.165, 1.54) is 6.42 Å². The Morgan fingerprint density at radius 3 is 3.08 bits per heavy atom. The van der Waals surface area contributed by atoms with Crippen LogP contribution in [0, 0.1) is 0 Å². The lowest BCUT2D eigenvalue weighted by atomic mass is 10.3. The second-order valence-corrected chi connectivity index (χ2v) is 3.14. The third-order valence-corrected chi connectivity index (χ3v) is 1.87. The second-order valence-electron chi connectivity index (χ2n) is 2.77. The Morgan fingerprint density at radius 2 is 2.42 bits per heavy atom. The Kier molecular flexibility index (Phi) is 4.08. The minimum Gasteiger partial charge on any atom is -0.252 e. The van der Waals surface area contributed by atoms with Crippen LogP contribution in [0.25, 0.3) is 0 Å². The van der Waals surface area contributed by atoms with Crippen LogP contribution in [0.15, 0.2) is 6.20 Å². The van der Waals surface area contributed by atoms with Gasteiger partial charge in [-0.3, -0.25) is 4.68 Å². The average molecular weight is 188 g/mol. The Labute approximate surface area is 77.7 Å². The normalized spacial score (nSPS) is 10.5. The van der Waals surface area contributed by atoms with Crippen molar-refractivity contribution in [2.24, 2.45) is 0 Å². The number of aryl methyl sites for hydroxylation is 2. The fourth-order valence-corrected chi connectivity index (χ4v) is 1.17. The van der Waals surface area contributed by atoms with E-state index in [0.717, 1.165) is 25.1 Å². The summed E-state index contributed by atoms with van der Waals surface area (Å²) >= 11 is 5.57. The van der Waals surface area contributed by atoms with Crippen molar-refractivity contribution in [2.75, 3.05) is 5.88 Å². The van der Waals surface area contributed by atoms with Gasteiger partial charge in [0.25, 0.3) is 0 Å². The number of halogens is 1. The molecule has 0 bridgehead atoms. The summed E-state index contributed by atoms with van der Waals surface area (Å²) in [4.78, 5) is 0. The van der Waals surface area contributed by atoms with Gasteiger partial charge in [-0.15, -0.1) is 16.7 Å². The van der Waals surface area contributed by atoms with Crippen molar-refractivity contribution in [2.45, 2.75) is 32.7 Å². The molecule has 0 aliphatic rings. The summed E-state index contributed by atoms with van der Waals surface area (Å²) in [6.45, 7) is 3.13. The van der Waals surface area contributed by atoms with E-state index < -0.39 is 0 Å². The van der Waals surface area contributed by atoms with Crippen molar-refractivity contribution in [3.63, 3.8) is 0 Å². The number of rotatable bonds is 5. The molecule has 0 saturated heterocycles. The summed E-state index contributed by atoms with van der Waals surface area (Å²) in [7, 11) is 0. The summed E-state index contributed by atoms with van der Waals surface area (Å²) in [6.07, 6.45) is 5.13. The largest absolute Gasteiger partial charge is 0.252 e. The number of hydrogen-bond acceptors (Lipinski definition) is 2. The summed E-state index contributed by atoms with van der Waals surface area (Å²) in [5, 5.41) is 7.97. The predicted molar refractivity (Wildman–Crippen MR) is 49.4 cm³/mol. The third-order valence-electron chi connectivity index (χ3n) is 1.68. The van der Waals surface area contributed by atoms with Crippen molar-refractivity contribution < 1.29 is 0 Å². The van der Waals surface area contributed by atoms with Gasteiger partial charge in [-0.25, -0.2) is 0 Å².